The molecular formula is C18H27N7O5. The summed E-state index contributed by atoms with van der Waals surface area (Å²) < 4.78 is 5.86. The van der Waals surface area contributed by atoms with Gasteiger partial charge in [-0.2, -0.15) is 0 Å². The van der Waals surface area contributed by atoms with E-state index in [9.17, 15) is 20.1 Å². The summed E-state index contributed by atoms with van der Waals surface area (Å²) in [6, 6.07) is -1.54. The minimum Gasteiger partial charge on any atom is -0.391 e. The number of aliphatic hydroxyl groups is 3. The number of hydrogen-bond donors (Lipinski definition) is 6. The Balaban J connectivity index is 1.47. The van der Waals surface area contributed by atoms with E-state index in [1.165, 1.54) is 6.33 Å². The summed E-state index contributed by atoms with van der Waals surface area (Å²) in [6.45, 7) is 4.02. The van der Waals surface area contributed by atoms with Crippen molar-refractivity contribution in [1.29, 1.82) is 0 Å². The van der Waals surface area contributed by atoms with Gasteiger partial charge in [0.05, 0.1) is 24.6 Å². The van der Waals surface area contributed by atoms with Gasteiger partial charge < -0.3 is 35.7 Å². The van der Waals surface area contributed by atoms with E-state index in [1.807, 2.05) is 0 Å². The number of likely N-dealkylation sites (tertiary alicyclic amines) is 1. The van der Waals surface area contributed by atoms with Crippen molar-refractivity contribution in [3.8, 4) is 0 Å². The van der Waals surface area contributed by atoms with Crippen molar-refractivity contribution >= 4 is 22.9 Å². The molecule has 2 aromatic rings. The van der Waals surface area contributed by atoms with Gasteiger partial charge in [-0.15, -0.1) is 0 Å². The van der Waals surface area contributed by atoms with Crippen molar-refractivity contribution in [2.24, 2.45) is 0 Å². The molecule has 2 fully saturated rings. The van der Waals surface area contributed by atoms with E-state index in [-0.39, 0.29) is 0 Å². The molecule has 0 unspecified atom stereocenters. The first-order valence-electron chi connectivity index (χ1n) is 9.90. The number of aryl methyl sites for hydroxylation is 1. The number of ether oxygens (including phenoxy) is 1. The highest BCUT2D eigenvalue weighted by molar-refractivity contribution is 5.83. The molecule has 0 aromatic carbocycles. The van der Waals surface area contributed by atoms with E-state index >= 15 is 0 Å². The summed E-state index contributed by atoms with van der Waals surface area (Å²) in [7, 11) is 1.76. The third kappa shape index (κ3) is 3.72. The van der Waals surface area contributed by atoms with Gasteiger partial charge in [0, 0.05) is 6.54 Å². The second-order valence-electron chi connectivity index (χ2n) is 7.92. The summed E-state index contributed by atoms with van der Waals surface area (Å²) in [5.74, 6) is 0.461. The monoisotopic (exact) mass is 421 g/mol. The number of rotatable bonds is 4. The van der Waals surface area contributed by atoms with Crippen LogP contribution in [0.5, 0.6) is 0 Å². The first-order chi connectivity index (χ1) is 14.3. The fourth-order valence-electron chi connectivity index (χ4n) is 4.12. The molecular weight excluding hydrogens is 394 g/mol. The van der Waals surface area contributed by atoms with Gasteiger partial charge in [0.1, 0.15) is 29.6 Å². The molecule has 0 bridgehead atoms. The van der Waals surface area contributed by atoms with Gasteiger partial charge in [-0.05, 0) is 27.3 Å². The molecule has 1 amide bonds. The third-order valence-electron chi connectivity index (χ3n) is 5.77. The van der Waals surface area contributed by atoms with Crippen LogP contribution in [-0.4, -0.2) is 102 Å². The smallest absolute Gasteiger partial charge is 0.240 e. The number of aliphatic hydroxyl groups excluding tert-OH is 3. The molecule has 2 aliphatic heterocycles. The molecule has 7 atom stereocenters. The number of aromatic amines is 1. The SMILES string of the molecule is Cc1nc(N[C@H]2O[C@@H](C)[C@H](NC(=O)[C@H]3[C@@H](O)CCN3C)[C@@H](O)[C@@H]2O)c2[nH]cnc2n1. The quantitative estimate of drug-likeness (QED) is 0.327. The Labute approximate surface area is 172 Å². The van der Waals surface area contributed by atoms with Crippen LogP contribution in [0.2, 0.25) is 0 Å². The summed E-state index contributed by atoms with van der Waals surface area (Å²) in [5, 5.41) is 37.1. The molecule has 164 valence electrons. The zero-order chi connectivity index (χ0) is 21.6. The maximum Gasteiger partial charge on any atom is 0.240 e. The predicted octanol–water partition coefficient (Wildman–Crippen LogP) is -1.91. The number of carbonyl (C=O) groups is 1. The Bertz CT molecular complexity index is 913. The summed E-state index contributed by atoms with van der Waals surface area (Å²) >= 11 is 0. The number of anilines is 1. The fourth-order valence-corrected chi connectivity index (χ4v) is 4.12. The van der Waals surface area contributed by atoms with Gasteiger partial charge in [0.2, 0.25) is 5.91 Å². The van der Waals surface area contributed by atoms with Crippen LogP contribution in [0.15, 0.2) is 6.33 Å². The van der Waals surface area contributed by atoms with Crippen LogP contribution < -0.4 is 10.6 Å². The average Bonchev–Trinajstić information content (AvgIpc) is 3.29. The Morgan fingerprint density at radius 3 is 2.77 bits per heavy atom. The average molecular weight is 421 g/mol. The highest BCUT2D eigenvalue weighted by Crippen LogP contribution is 2.25. The van der Waals surface area contributed by atoms with Crippen LogP contribution in [0.4, 0.5) is 5.82 Å². The number of carbonyl (C=O) groups excluding carboxylic acids is 1. The van der Waals surface area contributed by atoms with Crippen molar-refractivity contribution in [2.75, 3.05) is 18.9 Å². The number of imidazole rings is 1. The number of aromatic nitrogens is 4. The minimum atomic E-state index is -1.34. The third-order valence-corrected chi connectivity index (χ3v) is 5.77. The predicted molar refractivity (Wildman–Crippen MR) is 105 cm³/mol. The summed E-state index contributed by atoms with van der Waals surface area (Å²) in [4.78, 5) is 30.0. The number of nitrogens with zero attached hydrogens (tertiary/aromatic N) is 4. The van der Waals surface area contributed by atoms with E-state index in [0.29, 0.717) is 35.8 Å². The molecule has 30 heavy (non-hydrogen) atoms. The normalized spacial score (nSPS) is 34.9. The lowest BCUT2D eigenvalue weighted by Crippen LogP contribution is -2.65. The van der Waals surface area contributed by atoms with Crippen molar-refractivity contribution in [3.63, 3.8) is 0 Å². The van der Waals surface area contributed by atoms with E-state index in [4.69, 9.17) is 4.74 Å². The largest absolute Gasteiger partial charge is 0.391 e. The minimum absolute atomic E-state index is 0.386. The standard InChI is InChI=1S/C18H27N7O5/c1-7-10(23-17(29)12-9(26)4-5-25(12)3)13(27)14(28)18(30-7)24-16-11-15(20-6-19-11)21-8(2)22-16/h6-7,9-10,12-14,18,26-28H,4-5H2,1-3H3,(H,23,29)(H2,19,20,21,22,24)/t7-,9-,10-,12+,13+,14-,18-/m0/s1. The van der Waals surface area contributed by atoms with Crippen molar-refractivity contribution < 1.29 is 24.9 Å². The van der Waals surface area contributed by atoms with E-state index in [2.05, 4.69) is 30.6 Å². The van der Waals surface area contributed by atoms with Crippen LogP contribution in [0.3, 0.4) is 0 Å². The maximum atomic E-state index is 12.7. The molecule has 2 saturated heterocycles. The molecule has 0 spiro atoms. The Hall–Kier alpha value is -2.38. The molecule has 0 aliphatic carbocycles. The van der Waals surface area contributed by atoms with E-state index in [1.54, 1.807) is 25.8 Å². The van der Waals surface area contributed by atoms with Gasteiger partial charge in [-0.3, -0.25) is 9.69 Å². The second kappa shape index (κ2) is 8.04. The highest BCUT2D eigenvalue weighted by Gasteiger charge is 2.45. The Morgan fingerprint density at radius 1 is 1.30 bits per heavy atom. The number of nitrogens with one attached hydrogen (secondary N) is 3. The van der Waals surface area contributed by atoms with Crippen molar-refractivity contribution in [1.82, 2.24) is 30.2 Å². The second-order valence-corrected chi connectivity index (χ2v) is 7.92. The zero-order valence-electron chi connectivity index (χ0n) is 17.0. The molecule has 2 aliphatic rings. The Morgan fingerprint density at radius 2 is 2.07 bits per heavy atom. The zero-order valence-corrected chi connectivity index (χ0v) is 17.0. The molecule has 2 aromatic heterocycles. The number of hydrogen-bond acceptors (Lipinski definition) is 10. The lowest BCUT2D eigenvalue weighted by molar-refractivity contribution is -0.173. The van der Waals surface area contributed by atoms with Crippen molar-refractivity contribution in [3.05, 3.63) is 12.2 Å². The van der Waals surface area contributed by atoms with E-state index in [0.717, 1.165) is 0 Å². The number of fused-ring (bicyclic) bond motifs is 1. The highest BCUT2D eigenvalue weighted by atomic mass is 16.5. The number of likely N-dealkylation sites (N-methyl/N-ethyl adjacent to an activating group) is 1. The van der Waals surface area contributed by atoms with Crippen LogP contribution in [0, 0.1) is 6.92 Å². The van der Waals surface area contributed by atoms with Gasteiger partial charge in [-0.1, -0.05) is 0 Å². The summed E-state index contributed by atoms with van der Waals surface area (Å²) in [5.41, 5.74) is 1.01. The molecule has 12 heteroatoms. The van der Waals surface area contributed by atoms with E-state index < -0.39 is 48.6 Å². The van der Waals surface area contributed by atoms with Gasteiger partial charge in [0.15, 0.2) is 17.7 Å². The molecule has 12 nitrogen and oxygen atoms in total. The van der Waals surface area contributed by atoms with Crippen LogP contribution in [-0.2, 0) is 9.53 Å². The molecule has 4 heterocycles. The Kier molecular flexibility index (Phi) is 5.59. The number of H-pyrrole nitrogens is 1. The lowest BCUT2D eigenvalue weighted by atomic mass is 9.95. The maximum absolute atomic E-state index is 12.7. The fraction of sp³-hybridized carbons (Fsp3) is 0.667. The summed E-state index contributed by atoms with van der Waals surface area (Å²) in [6.07, 6.45) is -3.00. The first-order valence-corrected chi connectivity index (χ1v) is 9.90. The number of amides is 1. The molecule has 0 radical (unpaired) electrons. The topological polar surface area (TPSA) is 169 Å². The lowest BCUT2D eigenvalue weighted by Gasteiger charge is -2.42. The molecule has 4 rings (SSSR count). The van der Waals surface area contributed by atoms with Crippen LogP contribution >= 0.6 is 0 Å². The van der Waals surface area contributed by atoms with Crippen LogP contribution in [0.1, 0.15) is 19.2 Å². The van der Waals surface area contributed by atoms with Crippen molar-refractivity contribution in [2.45, 2.75) is 63.0 Å². The molecule has 0 saturated carbocycles. The van der Waals surface area contributed by atoms with Gasteiger partial charge in [-0.25, -0.2) is 15.0 Å². The van der Waals surface area contributed by atoms with Crippen LogP contribution in [0.25, 0.3) is 11.2 Å². The van der Waals surface area contributed by atoms with Gasteiger partial charge >= 0.3 is 0 Å². The van der Waals surface area contributed by atoms with Gasteiger partial charge in [0.25, 0.3) is 0 Å². The molecule has 6 N–H and O–H groups in total. The first kappa shape index (κ1) is 20.9.